The molecule has 2 N–H and O–H groups in total. The third-order valence-electron chi connectivity index (χ3n) is 1.25. The molecule has 7 heteroatoms. The molecule has 0 radical (unpaired) electrons. The first-order chi connectivity index (χ1) is 7.65. The van der Waals surface area contributed by atoms with Crippen molar-refractivity contribution in [3.8, 4) is 0 Å². The van der Waals surface area contributed by atoms with Gasteiger partial charge in [-0.2, -0.15) is 0 Å². The van der Waals surface area contributed by atoms with Crippen molar-refractivity contribution < 1.29 is 23.2 Å². The van der Waals surface area contributed by atoms with Crippen LogP contribution in [0.5, 0.6) is 0 Å². The zero-order chi connectivity index (χ0) is 13.2. The zero-order valence-corrected chi connectivity index (χ0v) is 15.2. The van der Waals surface area contributed by atoms with Crippen molar-refractivity contribution in [1.29, 1.82) is 0 Å². The first kappa shape index (κ1) is 22.6. The first-order valence-corrected chi connectivity index (χ1v) is 9.20. The predicted octanol–water partition coefficient (Wildman–Crippen LogP) is 4.01. The van der Waals surface area contributed by atoms with Gasteiger partial charge in [0.2, 0.25) is 0 Å². The third kappa shape index (κ3) is 45.2. The fraction of sp³-hybridized carbons (Fsp3) is 0.889. The second-order valence-corrected chi connectivity index (χ2v) is 6.62. The minimum atomic E-state index is 0.194. The summed E-state index contributed by atoms with van der Waals surface area (Å²) in [6, 6.07) is 0. The van der Waals surface area contributed by atoms with Crippen LogP contribution < -0.4 is 5.73 Å². The van der Waals surface area contributed by atoms with Crippen LogP contribution in [-0.2, 0) is 23.2 Å². The van der Waals surface area contributed by atoms with Crippen molar-refractivity contribution in [1.82, 2.24) is 0 Å². The van der Waals surface area contributed by atoms with E-state index in [1.165, 1.54) is 37.2 Å². The van der Waals surface area contributed by atoms with E-state index in [4.69, 9.17) is 9.13 Å². The number of rotatable bonds is 7. The molecule has 0 rings (SSSR count). The molecule has 0 aromatic heterocycles. The van der Waals surface area contributed by atoms with Gasteiger partial charge in [-0.1, -0.05) is 60.5 Å². The van der Waals surface area contributed by atoms with Gasteiger partial charge in [0.15, 0.2) is 0 Å². The van der Waals surface area contributed by atoms with Crippen LogP contribution in [0, 0.1) is 0 Å². The zero-order valence-electron chi connectivity index (χ0n) is 9.81. The van der Waals surface area contributed by atoms with Gasteiger partial charge in [-0.25, -0.2) is 0 Å². The summed E-state index contributed by atoms with van der Waals surface area (Å²) in [6.45, 7) is 4.49. The van der Waals surface area contributed by atoms with E-state index in [0.717, 1.165) is 0 Å². The van der Waals surface area contributed by atoms with E-state index < -0.39 is 0 Å². The number of unbranched alkanes of at least 4 members (excludes halogenated alkanes) is 2. The fourth-order valence-electron chi connectivity index (χ4n) is 0.524. The van der Waals surface area contributed by atoms with E-state index in [2.05, 4.69) is 38.7 Å². The monoisotopic (exact) mass is 385 g/mol. The summed E-state index contributed by atoms with van der Waals surface area (Å²) in [5.41, 5.74) is 4.71. The summed E-state index contributed by atoms with van der Waals surface area (Å²) < 4.78 is 8.45. The molecule has 0 unspecified atom stereocenters. The van der Waals surface area contributed by atoms with E-state index in [1.807, 2.05) is 21.6 Å². The molecular weight excluding hydrogens is 362 g/mol. The standard InChI is InChI=1S/C8H18S2.CH3NS2.Mo.O/c1-3-5-7-9-10-8-6-4-2;2-1(3)4;;/h3-8H2,1-2H3;(H3,2,3,4);;. The first-order valence-electron chi connectivity index (χ1n) is 5.04. The molecule has 98 valence electrons. The van der Waals surface area contributed by atoms with E-state index in [9.17, 15) is 0 Å². The van der Waals surface area contributed by atoms with Gasteiger partial charge in [-0.05, 0) is 12.8 Å². The Bertz CT molecular complexity index is 129. The Hall–Kier alpha value is 1.43. The molecule has 0 amide bonds. The molecule has 0 aliphatic heterocycles. The summed E-state index contributed by atoms with van der Waals surface area (Å²) >= 11 is 8.35. The van der Waals surface area contributed by atoms with Crippen molar-refractivity contribution >= 4 is 50.8 Å². The molecule has 0 aromatic carbocycles. The van der Waals surface area contributed by atoms with Crippen molar-refractivity contribution in [2.75, 3.05) is 11.5 Å². The summed E-state index contributed by atoms with van der Waals surface area (Å²) in [4.78, 5) is 0. The number of hydrogen-bond donors (Lipinski definition) is 2. The van der Waals surface area contributed by atoms with Gasteiger partial charge in [-0.15, -0.1) is 12.6 Å². The molecule has 0 saturated heterocycles. The van der Waals surface area contributed by atoms with Crippen LogP contribution in [0.3, 0.4) is 0 Å². The summed E-state index contributed by atoms with van der Waals surface area (Å²) in [5, 5.41) is 0. The SMILES string of the molecule is CCCCSSCCCC.NC(=S)S.[O]=[Mo]. The van der Waals surface area contributed by atoms with Crippen LogP contribution in [0.4, 0.5) is 0 Å². The van der Waals surface area contributed by atoms with Gasteiger partial charge in [0, 0.05) is 11.5 Å². The van der Waals surface area contributed by atoms with Gasteiger partial charge in [0.25, 0.3) is 0 Å². The van der Waals surface area contributed by atoms with Crippen molar-refractivity contribution in [3.63, 3.8) is 0 Å². The van der Waals surface area contributed by atoms with Crippen LogP contribution >= 0.6 is 46.4 Å². The third-order valence-corrected chi connectivity index (χ3v) is 3.82. The molecule has 0 saturated carbocycles. The number of nitrogens with two attached hydrogens (primary N) is 1. The molecule has 2 nitrogen and oxygen atoms in total. The van der Waals surface area contributed by atoms with Crippen LogP contribution in [-0.4, -0.2) is 15.8 Å². The molecule has 0 atom stereocenters. The second-order valence-electron chi connectivity index (χ2n) is 2.69. The minimum absolute atomic E-state index is 0.194. The molecule has 0 aliphatic carbocycles. The maximum absolute atomic E-state index is 8.26. The Labute approximate surface area is 130 Å². The molecule has 0 bridgehead atoms. The van der Waals surface area contributed by atoms with E-state index in [0.29, 0.717) is 19.8 Å². The molecule has 16 heavy (non-hydrogen) atoms. The van der Waals surface area contributed by atoms with Crippen molar-refractivity contribution in [3.05, 3.63) is 0 Å². The number of thiol groups is 1. The number of thiocarbonyl (C=S) groups is 1. The Morgan fingerprint density at radius 3 is 1.62 bits per heavy atom. The molecule has 0 aromatic rings. The van der Waals surface area contributed by atoms with E-state index >= 15 is 0 Å². The Kier molecular flexibility index (Phi) is 35.8. The maximum atomic E-state index is 8.26. The Morgan fingerprint density at radius 2 is 1.44 bits per heavy atom. The van der Waals surface area contributed by atoms with Crippen LogP contribution in [0.1, 0.15) is 39.5 Å². The van der Waals surface area contributed by atoms with Gasteiger partial charge in [-0.3, -0.25) is 0 Å². The summed E-state index contributed by atoms with van der Waals surface area (Å²) in [5.74, 6) is 2.68. The molecule has 0 aliphatic rings. The fourth-order valence-corrected chi connectivity index (χ4v) is 2.99. The normalized spacial score (nSPS) is 8.19. The Balaban J connectivity index is -0.000000237. The quantitative estimate of drug-likeness (QED) is 0.229. The van der Waals surface area contributed by atoms with E-state index in [-0.39, 0.29) is 4.32 Å². The van der Waals surface area contributed by atoms with Gasteiger partial charge < -0.3 is 5.73 Å². The summed E-state index contributed by atoms with van der Waals surface area (Å²) in [6.07, 6.45) is 5.43. The average Bonchev–Trinajstić information content (AvgIpc) is 2.25. The molecule has 0 fully saturated rings. The second kappa shape index (κ2) is 25.3. The van der Waals surface area contributed by atoms with Crippen molar-refractivity contribution in [2.24, 2.45) is 5.73 Å². The topological polar surface area (TPSA) is 43.1 Å². The summed E-state index contributed by atoms with van der Waals surface area (Å²) in [7, 11) is 4.07. The van der Waals surface area contributed by atoms with E-state index in [1.54, 1.807) is 0 Å². The molecular formula is C9H21MoNOS4. The molecule has 0 heterocycles. The average molecular weight is 383 g/mol. The van der Waals surface area contributed by atoms with Crippen LogP contribution in [0.2, 0.25) is 0 Å². The van der Waals surface area contributed by atoms with Gasteiger partial charge in [0.05, 0.1) is 0 Å². The Morgan fingerprint density at radius 1 is 1.19 bits per heavy atom. The van der Waals surface area contributed by atoms with Crippen LogP contribution in [0.15, 0.2) is 0 Å². The van der Waals surface area contributed by atoms with Gasteiger partial charge >= 0.3 is 23.2 Å². The predicted molar refractivity (Wildman–Crippen MR) is 81.2 cm³/mol. The van der Waals surface area contributed by atoms with Gasteiger partial charge in [0.1, 0.15) is 4.32 Å². The molecule has 0 spiro atoms. The van der Waals surface area contributed by atoms with Crippen LogP contribution in [0.25, 0.3) is 0 Å². The van der Waals surface area contributed by atoms with Crippen molar-refractivity contribution in [2.45, 2.75) is 39.5 Å². The number of hydrogen-bond acceptors (Lipinski definition) is 4.